The number of fused-ring (bicyclic) bond motifs is 1. The zero-order valence-electron chi connectivity index (χ0n) is 15.5. The Morgan fingerprint density at radius 3 is 2.67 bits per heavy atom. The molecule has 2 atom stereocenters. The van der Waals surface area contributed by atoms with Gasteiger partial charge in [-0.1, -0.05) is 12.1 Å². The van der Waals surface area contributed by atoms with Gasteiger partial charge in [0.15, 0.2) is 17.2 Å². The summed E-state index contributed by atoms with van der Waals surface area (Å²) in [5.41, 5.74) is 0.781. The quantitative estimate of drug-likeness (QED) is 0.870. The van der Waals surface area contributed by atoms with Crippen LogP contribution in [-0.2, 0) is 4.74 Å². The highest BCUT2D eigenvalue weighted by Crippen LogP contribution is 2.29. The number of ether oxygens (including phenoxy) is 1. The average Bonchev–Trinajstić information content (AvgIpc) is 2.90. The number of para-hydroxylation sites is 1. The Hall–Kier alpha value is -1.96. The maximum atomic E-state index is 14.0. The molecule has 0 spiro atoms. The highest BCUT2D eigenvalue weighted by atomic mass is 19.1. The van der Waals surface area contributed by atoms with Gasteiger partial charge >= 0.3 is 0 Å². The minimum atomic E-state index is -0.477. The van der Waals surface area contributed by atoms with Gasteiger partial charge in [0.25, 0.3) is 5.91 Å². The van der Waals surface area contributed by atoms with Gasteiger partial charge in [0.05, 0.1) is 19.3 Å². The largest absolute Gasteiger partial charge is 0.448 e. The Labute approximate surface area is 157 Å². The third-order valence-corrected chi connectivity index (χ3v) is 5.75. The molecule has 0 bridgehead atoms. The molecule has 6 nitrogen and oxygen atoms in total. The number of furan rings is 1. The first-order valence-corrected chi connectivity index (χ1v) is 9.53. The number of halogens is 1. The normalized spacial score (nSPS) is 24.9. The molecule has 4 rings (SSSR count). The molecule has 27 heavy (non-hydrogen) atoms. The zero-order chi connectivity index (χ0) is 19.0. The predicted octanol–water partition coefficient (Wildman–Crippen LogP) is 2.18. The minimum absolute atomic E-state index is 0.0286. The van der Waals surface area contributed by atoms with E-state index in [0.29, 0.717) is 50.1 Å². The van der Waals surface area contributed by atoms with Gasteiger partial charge in [-0.05, 0) is 25.8 Å². The molecular formula is C20H25FN2O4. The minimum Gasteiger partial charge on any atom is -0.448 e. The fraction of sp³-hybridized carbons (Fsp3) is 0.550. The van der Waals surface area contributed by atoms with Crippen LogP contribution in [-0.4, -0.2) is 72.4 Å². The summed E-state index contributed by atoms with van der Waals surface area (Å²) in [5, 5.41) is 11.2. The van der Waals surface area contributed by atoms with E-state index in [1.807, 2.05) is 0 Å². The van der Waals surface area contributed by atoms with E-state index in [4.69, 9.17) is 9.15 Å². The van der Waals surface area contributed by atoms with Gasteiger partial charge in [-0.25, -0.2) is 4.39 Å². The molecule has 1 aromatic carbocycles. The predicted molar refractivity (Wildman–Crippen MR) is 98.2 cm³/mol. The number of carbonyl (C=O) groups excluding carboxylic acids is 1. The van der Waals surface area contributed by atoms with Crippen LogP contribution in [0.1, 0.15) is 29.0 Å². The number of morpholine rings is 1. The second-order valence-electron chi connectivity index (χ2n) is 7.33. The van der Waals surface area contributed by atoms with Crippen LogP contribution in [0.25, 0.3) is 11.0 Å². The Bertz CT molecular complexity index is 831. The van der Waals surface area contributed by atoms with Gasteiger partial charge in [-0.2, -0.15) is 0 Å². The van der Waals surface area contributed by atoms with Gasteiger partial charge in [0.2, 0.25) is 0 Å². The van der Waals surface area contributed by atoms with Gasteiger partial charge in [0, 0.05) is 43.2 Å². The van der Waals surface area contributed by atoms with E-state index in [2.05, 4.69) is 4.90 Å². The molecule has 0 radical (unpaired) electrons. The number of likely N-dealkylation sites (tertiary alicyclic amines) is 1. The van der Waals surface area contributed by atoms with Crippen molar-refractivity contribution < 1.29 is 23.4 Å². The molecule has 3 heterocycles. The lowest BCUT2D eigenvalue weighted by molar-refractivity contribution is -0.0222. The van der Waals surface area contributed by atoms with Crippen molar-refractivity contribution in [1.29, 1.82) is 0 Å². The van der Waals surface area contributed by atoms with E-state index >= 15 is 0 Å². The molecule has 146 valence electrons. The summed E-state index contributed by atoms with van der Waals surface area (Å²) < 4.78 is 25.0. The van der Waals surface area contributed by atoms with E-state index in [0.717, 1.165) is 13.1 Å². The number of aliphatic hydroxyl groups is 1. The second-order valence-corrected chi connectivity index (χ2v) is 7.33. The van der Waals surface area contributed by atoms with Gasteiger partial charge in [-0.15, -0.1) is 0 Å². The molecule has 0 aliphatic carbocycles. The maximum Gasteiger partial charge on any atom is 0.289 e. The third kappa shape index (κ3) is 3.47. The van der Waals surface area contributed by atoms with E-state index in [1.165, 1.54) is 6.07 Å². The Kier molecular flexibility index (Phi) is 5.16. The van der Waals surface area contributed by atoms with Crippen molar-refractivity contribution in [3.8, 4) is 0 Å². The van der Waals surface area contributed by atoms with Crippen molar-refractivity contribution in [3.63, 3.8) is 0 Å². The summed E-state index contributed by atoms with van der Waals surface area (Å²) in [6.07, 6.45) is 0.734. The lowest BCUT2D eigenvalue weighted by Gasteiger charge is -2.36. The molecule has 1 N–H and O–H groups in total. The van der Waals surface area contributed by atoms with E-state index < -0.39 is 11.9 Å². The van der Waals surface area contributed by atoms with Crippen LogP contribution in [0.4, 0.5) is 4.39 Å². The van der Waals surface area contributed by atoms with Crippen LogP contribution in [0, 0.1) is 12.7 Å². The van der Waals surface area contributed by atoms with Gasteiger partial charge < -0.3 is 19.2 Å². The summed E-state index contributed by atoms with van der Waals surface area (Å²) in [5.74, 6) is -0.513. The molecule has 1 aromatic heterocycles. The number of aryl methyl sites for hydroxylation is 1. The number of benzene rings is 1. The zero-order valence-corrected chi connectivity index (χ0v) is 15.5. The first-order chi connectivity index (χ1) is 13.1. The number of carbonyl (C=O) groups is 1. The van der Waals surface area contributed by atoms with E-state index in [9.17, 15) is 14.3 Å². The van der Waals surface area contributed by atoms with Crippen molar-refractivity contribution in [2.75, 3.05) is 39.4 Å². The van der Waals surface area contributed by atoms with Crippen molar-refractivity contribution in [2.24, 2.45) is 0 Å². The molecule has 2 aliphatic rings. The highest BCUT2D eigenvalue weighted by molar-refractivity contribution is 5.99. The van der Waals surface area contributed by atoms with Crippen LogP contribution in [0.15, 0.2) is 22.6 Å². The SMILES string of the molecule is Cc1c(C(=O)N2CC[C@H](O)[C@@H](N3CCOCC3)CC2)oc2c(F)cccc12. The average molecular weight is 376 g/mol. The van der Waals surface area contributed by atoms with Gasteiger partial charge in [-0.3, -0.25) is 9.69 Å². The second kappa shape index (κ2) is 7.58. The molecule has 0 saturated carbocycles. The summed E-state index contributed by atoms with van der Waals surface area (Å²) in [6, 6.07) is 4.73. The number of hydrogen-bond donors (Lipinski definition) is 1. The molecule has 1 amide bonds. The lowest BCUT2D eigenvalue weighted by atomic mass is 10.0. The van der Waals surface area contributed by atoms with Crippen LogP contribution in [0.3, 0.4) is 0 Å². The topological polar surface area (TPSA) is 66.2 Å². The number of amides is 1. The Morgan fingerprint density at radius 2 is 1.93 bits per heavy atom. The fourth-order valence-corrected chi connectivity index (χ4v) is 4.17. The first kappa shape index (κ1) is 18.4. The van der Waals surface area contributed by atoms with Crippen molar-refractivity contribution in [2.45, 2.75) is 31.9 Å². The lowest BCUT2D eigenvalue weighted by Crippen LogP contribution is -2.49. The number of aliphatic hydroxyl groups excluding tert-OH is 1. The Balaban J connectivity index is 1.53. The molecular weight excluding hydrogens is 351 g/mol. The fourth-order valence-electron chi connectivity index (χ4n) is 4.17. The van der Waals surface area contributed by atoms with Crippen LogP contribution in [0.5, 0.6) is 0 Å². The van der Waals surface area contributed by atoms with Crippen LogP contribution >= 0.6 is 0 Å². The number of rotatable bonds is 2. The van der Waals surface area contributed by atoms with Crippen LogP contribution < -0.4 is 0 Å². The summed E-state index contributed by atoms with van der Waals surface area (Å²) in [6.45, 7) is 5.74. The van der Waals surface area contributed by atoms with Crippen molar-refractivity contribution >= 4 is 16.9 Å². The van der Waals surface area contributed by atoms with Crippen molar-refractivity contribution in [1.82, 2.24) is 9.80 Å². The molecule has 2 saturated heterocycles. The Morgan fingerprint density at radius 1 is 1.19 bits per heavy atom. The van der Waals surface area contributed by atoms with E-state index in [-0.39, 0.29) is 23.3 Å². The van der Waals surface area contributed by atoms with Gasteiger partial charge in [0.1, 0.15) is 0 Å². The third-order valence-electron chi connectivity index (χ3n) is 5.75. The smallest absolute Gasteiger partial charge is 0.289 e. The number of hydrogen-bond acceptors (Lipinski definition) is 5. The molecule has 2 aliphatic heterocycles. The summed E-state index contributed by atoms with van der Waals surface area (Å²) >= 11 is 0. The molecule has 2 fully saturated rings. The van der Waals surface area contributed by atoms with Crippen molar-refractivity contribution in [3.05, 3.63) is 35.3 Å². The van der Waals surface area contributed by atoms with Crippen LogP contribution in [0.2, 0.25) is 0 Å². The maximum absolute atomic E-state index is 14.0. The summed E-state index contributed by atoms with van der Waals surface area (Å²) in [7, 11) is 0. The molecule has 7 heteroatoms. The monoisotopic (exact) mass is 376 g/mol. The standard InChI is InChI=1S/C20H25FN2O4/c1-13-14-3-2-4-15(21)19(14)27-18(13)20(25)23-7-5-16(17(24)6-8-23)22-9-11-26-12-10-22/h2-4,16-17,24H,5-12H2,1H3/t16-,17-/m0/s1. The van der Waals surface area contributed by atoms with E-state index in [1.54, 1.807) is 24.0 Å². The highest BCUT2D eigenvalue weighted by Gasteiger charge is 2.33. The number of nitrogens with zero attached hydrogens (tertiary/aromatic N) is 2. The molecule has 0 unspecified atom stereocenters. The molecule has 2 aromatic rings. The first-order valence-electron chi connectivity index (χ1n) is 9.53. The summed E-state index contributed by atoms with van der Waals surface area (Å²) in [4.78, 5) is 17.0.